The number of hydrogen-bond acceptors (Lipinski definition) is 4. The second kappa shape index (κ2) is 5.65. The number of rotatable bonds is 5. The summed E-state index contributed by atoms with van der Waals surface area (Å²) < 4.78 is 1.74. The lowest BCUT2D eigenvalue weighted by molar-refractivity contribution is -0.118. The molecule has 1 aromatic heterocycles. The summed E-state index contributed by atoms with van der Waals surface area (Å²) in [6.07, 6.45) is 6.56. The molecule has 0 atom stereocenters. The van der Waals surface area contributed by atoms with Gasteiger partial charge in [-0.05, 0) is 37.0 Å². The minimum Gasteiger partial charge on any atom is -0.326 e. The molecule has 1 aromatic carbocycles. The number of carbonyl (C=O) groups is 1. The van der Waals surface area contributed by atoms with Crippen LogP contribution in [0.5, 0.6) is 0 Å². The molecule has 3 rings (SSSR count). The highest BCUT2D eigenvalue weighted by atomic mass is 16.1. The lowest BCUT2D eigenvalue weighted by Crippen LogP contribution is -2.48. The number of anilines is 1. The Morgan fingerprint density at radius 3 is 2.95 bits per heavy atom. The van der Waals surface area contributed by atoms with Crippen LogP contribution in [-0.2, 0) is 11.3 Å². The molecular formula is C15H19N5O. The van der Waals surface area contributed by atoms with Gasteiger partial charge in [-0.25, -0.2) is 9.67 Å². The van der Waals surface area contributed by atoms with Gasteiger partial charge in [-0.15, -0.1) is 0 Å². The van der Waals surface area contributed by atoms with Crippen molar-refractivity contribution in [3.05, 3.63) is 42.5 Å². The van der Waals surface area contributed by atoms with E-state index >= 15 is 0 Å². The Balaban J connectivity index is 1.61. The van der Waals surface area contributed by atoms with Crippen molar-refractivity contribution < 1.29 is 4.79 Å². The third-order valence-corrected chi connectivity index (χ3v) is 3.88. The molecule has 1 amide bonds. The average Bonchev–Trinajstić information content (AvgIpc) is 2.90. The van der Waals surface area contributed by atoms with E-state index in [9.17, 15) is 4.79 Å². The second-order valence-corrected chi connectivity index (χ2v) is 5.73. The van der Waals surface area contributed by atoms with Crippen LogP contribution in [0, 0.1) is 0 Å². The van der Waals surface area contributed by atoms with E-state index in [1.165, 1.54) is 6.33 Å². The van der Waals surface area contributed by atoms with Crippen LogP contribution < -0.4 is 11.1 Å². The van der Waals surface area contributed by atoms with E-state index in [0.717, 1.165) is 30.5 Å². The molecule has 0 radical (unpaired) electrons. The molecule has 21 heavy (non-hydrogen) atoms. The van der Waals surface area contributed by atoms with Crippen LogP contribution in [0.3, 0.4) is 0 Å². The summed E-state index contributed by atoms with van der Waals surface area (Å²) in [5, 5.41) is 6.99. The molecular weight excluding hydrogens is 266 g/mol. The third-order valence-electron chi connectivity index (χ3n) is 3.88. The van der Waals surface area contributed by atoms with Gasteiger partial charge in [-0.2, -0.15) is 5.10 Å². The van der Waals surface area contributed by atoms with E-state index in [0.29, 0.717) is 13.0 Å². The molecule has 2 aromatic rings. The Kier molecular flexibility index (Phi) is 3.70. The molecule has 6 heteroatoms. The van der Waals surface area contributed by atoms with Crippen LogP contribution in [0.25, 0.3) is 0 Å². The first-order valence-electron chi connectivity index (χ1n) is 7.13. The summed E-state index contributed by atoms with van der Waals surface area (Å²) in [5.74, 6) is -0.0184. The minimum absolute atomic E-state index is 0.0184. The molecule has 0 bridgehead atoms. The first kappa shape index (κ1) is 13.8. The quantitative estimate of drug-likeness (QED) is 0.872. The van der Waals surface area contributed by atoms with Crippen LogP contribution in [0.2, 0.25) is 0 Å². The Hall–Kier alpha value is -2.21. The van der Waals surface area contributed by atoms with Crippen LogP contribution in [0.4, 0.5) is 5.69 Å². The van der Waals surface area contributed by atoms with E-state index in [1.807, 2.05) is 24.3 Å². The molecule has 1 heterocycles. The molecule has 1 fully saturated rings. The fourth-order valence-electron chi connectivity index (χ4n) is 2.58. The summed E-state index contributed by atoms with van der Waals surface area (Å²) in [6, 6.07) is 7.74. The van der Waals surface area contributed by atoms with E-state index in [2.05, 4.69) is 15.4 Å². The number of amides is 1. The first-order valence-corrected chi connectivity index (χ1v) is 7.13. The molecule has 0 spiro atoms. The summed E-state index contributed by atoms with van der Waals surface area (Å²) >= 11 is 0. The highest BCUT2D eigenvalue weighted by Crippen LogP contribution is 2.32. The SMILES string of the molecule is NC1(CC(=O)Nc2cccc(Cn3cncn3)c2)CCC1. The lowest BCUT2D eigenvalue weighted by atomic mass is 9.75. The van der Waals surface area contributed by atoms with Crippen LogP contribution in [0.15, 0.2) is 36.9 Å². The number of aromatic nitrogens is 3. The van der Waals surface area contributed by atoms with Crippen molar-refractivity contribution >= 4 is 11.6 Å². The molecule has 0 saturated heterocycles. The van der Waals surface area contributed by atoms with Crippen molar-refractivity contribution in [2.75, 3.05) is 5.32 Å². The maximum absolute atomic E-state index is 12.0. The van der Waals surface area contributed by atoms with Gasteiger partial charge >= 0.3 is 0 Å². The molecule has 6 nitrogen and oxygen atoms in total. The number of hydrogen-bond donors (Lipinski definition) is 2. The molecule has 0 unspecified atom stereocenters. The fourth-order valence-corrected chi connectivity index (χ4v) is 2.58. The summed E-state index contributed by atoms with van der Waals surface area (Å²) in [6.45, 7) is 0.630. The predicted molar refractivity (Wildman–Crippen MR) is 79.6 cm³/mol. The fraction of sp³-hybridized carbons (Fsp3) is 0.400. The first-order chi connectivity index (χ1) is 10.1. The molecule has 1 aliphatic carbocycles. The zero-order valence-corrected chi connectivity index (χ0v) is 11.8. The highest BCUT2D eigenvalue weighted by Gasteiger charge is 2.34. The van der Waals surface area contributed by atoms with Gasteiger partial charge in [0.25, 0.3) is 0 Å². The normalized spacial score (nSPS) is 16.2. The highest BCUT2D eigenvalue weighted by molar-refractivity contribution is 5.91. The lowest BCUT2D eigenvalue weighted by Gasteiger charge is -2.37. The average molecular weight is 285 g/mol. The van der Waals surface area contributed by atoms with Gasteiger partial charge < -0.3 is 11.1 Å². The number of nitrogens with two attached hydrogens (primary N) is 1. The van der Waals surface area contributed by atoms with Crippen LogP contribution in [-0.4, -0.2) is 26.2 Å². The second-order valence-electron chi connectivity index (χ2n) is 5.73. The molecule has 110 valence electrons. The minimum atomic E-state index is -0.289. The molecule has 3 N–H and O–H groups in total. The smallest absolute Gasteiger partial charge is 0.226 e. The van der Waals surface area contributed by atoms with Gasteiger partial charge in [-0.3, -0.25) is 4.79 Å². The van der Waals surface area contributed by atoms with Crippen molar-refractivity contribution in [2.45, 2.75) is 37.8 Å². The molecule has 1 saturated carbocycles. The number of carbonyl (C=O) groups excluding carboxylic acids is 1. The van der Waals surface area contributed by atoms with E-state index < -0.39 is 0 Å². The number of nitrogens with zero attached hydrogens (tertiary/aromatic N) is 3. The van der Waals surface area contributed by atoms with Crippen molar-refractivity contribution in [1.29, 1.82) is 0 Å². The van der Waals surface area contributed by atoms with Crippen molar-refractivity contribution in [1.82, 2.24) is 14.8 Å². The van der Waals surface area contributed by atoms with Gasteiger partial charge in [0.2, 0.25) is 5.91 Å². The van der Waals surface area contributed by atoms with Gasteiger partial charge in [0, 0.05) is 17.6 Å². The standard InChI is InChI=1S/C15H19N5O/c16-15(5-2-6-15)8-14(21)19-13-4-1-3-12(7-13)9-20-11-17-10-18-20/h1,3-4,7,10-11H,2,5-6,8-9,16H2,(H,19,21). The van der Waals surface area contributed by atoms with Crippen molar-refractivity contribution in [3.8, 4) is 0 Å². The molecule has 1 aliphatic rings. The van der Waals surface area contributed by atoms with Gasteiger partial charge in [0.05, 0.1) is 6.54 Å². The Morgan fingerprint density at radius 1 is 1.43 bits per heavy atom. The number of benzene rings is 1. The van der Waals surface area contributed by atoms with Crippen LogP contribution >= 0.6 is 0 Å². The Bertz CT molecular complexity index is 619. The Labute approximate surface area is 123 Å². The van der Waals surface area contributed by atoms with Gasteiger partial charge in [0.15, 0.2) is 0 Å². The number of nitrogens with one attached hydrogen (secondary N) is 1. The summed E-state index contributed by atoms with van der Waals surface area (Å²) in [7, 11) is 0. The van der Waals surface area contributed by atoms with Crippen molar-refractivity contribution in [3.63, 3.8) is 0 Å². The third kappa shape index (κ3) is 3.46. The van der Waals surface area contributed by atoms with Crippen molar-refractivity contribution in [2.24, 2.45) is 5.73 Å². The van der Waals surface area contributed by atoms with E-state index in [1.54, 1.807) is 11.0 Å². The summed E-state index contributed by atoms with van der Waals surface area (Å²) in [4.78, 5) is 15.9. The topological polar surface area (TPSA) is 85.8 Å². The predicted octanol–water partition coefficient (Wildman–Crippen LogP) is 1.54. The maximum atomic E-state index is 12.0. The van der Waals surface area contributed by atoms with E-state index in [-0.39, 0.29) is 11.4 Å². The zero-order valence-electron chi connectivity index (χ0n) is 11.8. The van der Waals surface area contributed by atoms with E-state index in [4.69, 9.17) is 5.73 Å². The maximum Gasteiger partial charge on any atom is 0.226 e. The molecule has 0 aliphatic heterocycles. The van der Waals surface area contributed by atoms with Gasteiger partial charge in [-0.1, -0.05) is 12.1 Å². The summed E-state index contributed by atoms with van der Waals surface area (Å²) in [5.41, 5.74) is 7.66. The Morgan fingerprint density at radius 2 is 2.29 bits per heavy atom. The largest absolute Gasteiger partial charge is 0.326 e. The van der Waals surface area contributed by atoms with Gasteiger partial charge in [0.1, 0.15) is 12.7 Å². The van der Waals surface area contributed by atoms with Crippen LogP contribution in [0.1, 0.15) is 31.2 Å². The zero-order chi connectivity index (χ0) is 14.7. The monoisotopic (exact) mass is 285 g/mol.